The molecule has 0 aliphatic heterocycles. The van der Waals surface area contributed by atoms with Crippen molar-refractivity contribution in [3.05, 3.63) is 75.6 Å². The van der Waals surface area contributed by atoms with E-state index < -0.39 is 29.4 Å². The zero-order valence-electron chi connectivity index (χ0n) is 20.3. The van der Waals surface area contributed by atoms with Gasteiger partial charge in [0.2, 0.25) is 5.95 Å². The average molecular weight is 511 g/mol. The molecule has 9 nitrogen and oxygen atoms in total. The third kappa shape index (κ3) is 5.78. The SMILES string of the molecule is C=C(/C=C(\C=C\n1c(C(C)Nc2nc(N)nc(N)c2C#N)nc2cccc(F)c2c1=O)C(F)F)C(C)C. The van der Waals surface area contributed by atoms with Crippen LogP contribution >= 0.6 is 0 Å². The third-order valence-corrected chi connectivity index (χ3v) is 5.47. The lowest BCUT2D eigenvalue weighted by molar-refractivity contribution is 0.194. The first-order chi connectivity index (χ1) is 17.4. The van der Waals surface area contributed by atoms with E-state index in [2.05, 4.69) is 26.8 Å². The number of nitrogens with two attached hydrogens (primary N) is 2. The second-order valence-corrected chi connectivity index (χ2v) is 8.44. The number of hydrogen-bond donors (Lipinski definition) is 3. The number of aromatic nitrogens is 4. The number of nitriles is 1. The van der Waals surface area contributed by atoms with Crippen LogP contribution in [0.5, 0.6) is 0 Å². The number of alkyl halides is 2. The Balaban J connectivity index is 2.20. The highest BCUT2D eigenvalue weighted by atomic mass is 19.3. The summed E-state index contributed by atoms with van der Waals surface area (Å²) in [6.07, 6.45) is 0.510. The van der Waals surface area contributed by atoms with Gasteiger partial charge in [-0.05, 0) is 31.1 Å². The van der Waals surface area contributed by atoms with Crippen LogP contribution in [0.15, 0.2) is 52.9 Å². The van der Waals surface area contributed by atoms with Crippen LogP contribution in [-0.4, -0.2) is 25.9 Å². The molecule has 5 N–H and O–H groups in total. The Bertz CT molecular complexity index is 1520. The number of benzene rings is 1. The summed E-state index contributed by atoms with van der Waals surface area (Å²) in [5.41, 5.74) is 10.6. The van der Waals surface area contributed by atoms with Crippen LogP contribution in [0.2, 0.25) is 0 Å². The summed E-state index contributed by atoms with van der Waals surface area (Å²) in [6, 6.07) is 4.96. The van der Waals surface area contributed by atoms with Crippen LogP contribution in [0.1, 0.15) is 38.2 Å². The lowest BCUT2D eigenvalue weighted by atomic mass is 10.0. The number of nitrogen functional groups attached to an aromatic ring is 2. The minimum absolute atomic E-state index is 0.0227. The highest BCUT2D eigenvalue weighted by Gasteiger charge is 2.21. The molecule has 2 heterocycles. The van der Waals surface area contributed by atoms with E-state index in [1.807, 2.05) is 6.07 Å². The van der Waals surface area contributed by atoms with E-state index in [4.69, 9.17) is 11.5 Å². The fraction of sp³-hybridized carbons (Fsp3) is 0.240. The monoisotopic (exact) mass is 510 g/mol. The van der Waals surface area contributed by atoms with Crippen LogP contribution in [0, 0.1) is 23.1 Å². The van der Waals surface area contributed by atoms with Crippen molar-refractivity contribution in [1.29, 1.82) is 5.26 Å². The summed E-state index contributed by atoms with van der Waals surface area (Å²) in [7, 11) is 0. The smallest absolute Gasteiger partial charge is 0.268 e. The molecule has 0 saturated heterocycles. The van der Waals surface area contributed by atoms with Gasteiger partial charge in [-0.2, -0.15) is 15.2 Å². The van der Waals surface area contributed by atoms with Gasteiger partial charge in [0.15, 0.2) is 5.82 Å². The van der Waals surface area contributed by atoms with Crippen LogP contribution in [0.4, 0.5) is 30.8 Å². The fourth-order valence-electron chi connectivity index (χ4n) is 3.37. The van der Waals surface area contributed by atoms with Gasteiger partial charge < -0.3 is 16.8 Å². The highest BCUT2D eigenvalue weighted by molar-refractivity contribution is 5.79. The molecule has 3 rings (SSSR count). The Morgan fingerprint density at radius 3 is 2.54 bits per heavy atom. The second-order valence-electron chi connectivity index (χ2n) is 8.44. The molecule has 0 radical (unpaired) electrons. The Morgan fingerprint density at radius 2 is 1.92 bits per heavy atom. The molecule has 37 heavy (non-hydrogen) atoms. The first-order valence-corrected chi connectivity index (χ1v) is 11.1. The van der Waals surface area contributed by atoms with Gasteiger partial charge in [0.1, 0.15) is 34.5 Å². The van der Waals surface area contributed by atoms with Gasteiger partial charge in [-0.1, -0.05) is 38.1 Å². The van der Waals surface area contributed by atoms with Crippen LogP contribution < -0.4 is 22.3 Å². The lowest BCUT2D eigenvalue weighted by Gasteiger charge is -2.19. The minimum Gasteiger partial charge on any atom is -0.382 e. The molecule has 0 fully saturated rings. The van der Waals surface area contributed by atoms with E-state index in [0.717, 1.165) is 22.9 Å². The van der Waals surface area contributed by atoms with E-state index in [0.29, 0.717) is 5.57 Å². The van der Waals surface area contributed by atoms with Gasteiger partial charge in [-0.15, -0.1) is 0 Å². The maximum atomic E-state index is 14.6. The van der Waals surface area contributed by atoms with E-state index >= 15 is 0 Å². The van der Waals surface area contributed by atoms with Crippen LogP contribution in [0.25, 0.3) is 17.1 Å². The molecule has 2 aromatic heterocycles. The van der Waals surface area contributed by atoms with Crippen molar-refractivity contribution in [2.45, 2.75) is 33.2 Å². The molecule has 192 valence electrons. The normalized spacial score (nSPS) is 12.9. The van der Waals surface area contributed by atoms with Gasteiger partial charge in [0, 0.05) is 11.8 Å². The van der Waals surface area contributed by atoms with Crippen molar-refractivity contribution in [3.63, 3.8) is 0 Å². The number of halogens is 3. The maximum Gasteiger partial charge on any atom is 0.268 e. The fourth-order valence-corrected chi connectivity index (χ4v) is 3.37. The Labute approximate surface area is 210 Å². The molecule has 0 aliphatic carbocycles. The number of nitrogens with zero attached hydrogens (tertiary/aromatic N) is 5. The first kappa shape index (κ1) is 26.9. The van der Waals surface area contributed by atoms with Crippen molar-refractivity contribution in [2.24, 2.45) is 5.92 Å². The van der Waals surface area contributed by atoms with Crippen LogP contribution in [0.3, 0.4) is 0 Å². The zero-order valence-corrected chi connectivity index (χ0v) is 20.3. The molecule has 0 amide bonds. The van der Waals surface area contributed by atoms with Crippen molar-refractivity contribution in [1.82, 2.24) is 19.5 Å². The third-order valence-electron chi connectivity index (χ3n) is 5.47. The summed E-state index contributed by atoms with van der Waals surface area (Å²) in [6.45, 7) is 8.97. The molecule has 1 aromatic carbocycles. The van der Waals surface area contributed by atoms with Gasteiger partial charge in [0.05, 0.1) is 11.6 Å². The summed E-state index contributed by atoms with van der Waals surface area (Å²) < 4.78 is 43.0. The van der Waals surface area contributed by atoms with Gasteiger partial charge in [-0.25, -0.2) is 18.2 Å². The van der Waals surface area contributed by atoms with Crippen molar-refractivity contribution in [3.8, 4) is 6.07 Å². The molecule has 1 unspecified atom stereocenters. The summed E-state index contributed by atoms with van der Waals surface area (Å²) >= 11 is 0. The zero-order chi connectivity index (χ0) is 27.4. The molecule has 0 saturated carbocycles. The van der Waals surface area contributed by atoms with Crippen molar-refractivity contribution >= 4 is 34.7 Å². The average Bonchev–Trinajstić information content (AvgIpc) is 2.81. The van der Waals surface area contributed by atoms with E-state index in [9.17, 15) is 23.2 Å². The maximum absolute atomic E-state index is 14.6. The predicted octanol–water partition coefficient (Wildman–Crippen LogP) is 4.41. The number of hydrogen-bond acceptors (Lipinski definition) is 8. The van der Waals surface area contributed by atoms with E-state index in [1.54, 1.807) is 20.8 Å². The summed E-state index contributed by atoms with van der Waals surface area (Å²) in [4.78, 5) is 25.5. The standard InChI is InChI=1S/C25H25F3N8O/c1-12(2)13(3)10-15(20(27)28)8-9-36-23(33-18-7-5-6-17(26)19(18)24(36)37)14(4)32-22-16(11-29)21(30)34-25(31)35-22/h5-10,12,14,20H,3H2,1-2,4H3,(H5,30,31,32,34,35)/b9-8+,15-10+. The summed E-state index contributed by atoms with van der Waals surface area (Å²) in [5, 5.41) is 12.0. The number of nitrogens with one attached hydrogen (secondary N) is 1. The number of fused-ring (bicyclic) bond motifs is 1. The van der Waals surface area contributed by atoms with Gasteiger partial charge in [-0.3, -0.25) is 9.36 Å². The predicted molar refractivity (Wildman–Crippen MR) is 137 cm³/mol. The Morgan fingerprint density at radius 1 is 1.22 bits per heavy atom. The first-order valence-electron chi connectivity index (χ1n) is 11.1. The molecular formula is C25H25F3N8O. The van der Waals surface area contributed by atoms with Gasteiger partial charge in [0.25, 0.3) is 12.0 Å². The molecular weight excluding hydrogens is 485 g/mol. The molecule has 0 bridgehead atoms. The van der Waals surface area contributed by atoms with E-state index in [1.165, 1.54) is 18.2 Å². The largest absolute Gasteiger partial charge is 0.382 e. The molecule has 0 aliphatic rings. The topological polar surface area (TPSA) is 149 Å². The van der Waals surface area contributed by atoms with E-state index in [-0.39, 0.29) is 45.8 Å². The second kappa shape index (κ2) is 10.9. The van der Waals surface area contributed by atoms with Crippen molar-refractivity contribution < 1.29 is 13.2 Å². The molecule has 12 heteroatoms. The Kier molecular flexibility index (Phi) is 7.97. The molecule has 3 aromatic rings. The highest BCUT2D eigenvalue weighted by Crippen LogP contribution is 2.25. The Hall–Kier alpha value is -4.66. The lowest BCUT2D eigenvalue weighted by Crippen LogP contribution is -2.26. The molecule has 0 spiro atoms. The van der Waals surface area contributed by atoms with Crippen LogP contribution in [-0.2, 0) is 0 Å². The number of allylic oxidation sites excluding steroid dienone is 4. The quantitative estimate of drug-likeness (QED) is 0.377. The molecule has 1 atom stereocenters. The van der Waals surface area contributed by atoms with Crippen molar-refractivity contribution in [2.75, 3.05) is 16.8 Å². The summed E-state index contributed by atoms with van der Waals surface area (Å²) in [5.74, 6) is -1.25. The van der Waals surface area contributed by atoms with Gasteiger partial charge >= 0.3 is 0 Å². The number of rotatable bonds is 8. The number of anilines is 3. The minimum atomic E-state index is -2.86.